The van der Waals surface area contributed by atoms with Gasteiger partial charge in [0.25, 0.3) is 0 Å². The van der Waals surface area contributed by atoms with E-state index in [1.807, 2.05) is 62.7 Å². The van der Waals surface area contributed by atoms with E-state index in [-0.39, 0.29) is 0 Å². The van der Waals surface area contributed by atoms with Gasteiger partial charge in [0.15, 0.2) is 5.69 Å². The number of rotatable bonds is 5. The number of anilines is 1. The molecule has 0 amide bonds. The molecule has 5 rings (SSSR count). The molecule has 1 fully saturated rings. The molecule has 0 radical (unpaired) electrons. The minimum Gasteiger partial charge on any atom is -0.398 e. The maximum atomic E-state index is 13.2. The number of alkyl halides is 3. The van der Waals surface area contributed by atoms with Crippen LogP contribution in [0.2, 0.25) is 0 Å². The third-order valence-electron chi connectivity index (χ3n) is 7.39. The normalized spacial score (nSPS) is 19.1. The predicted octanol–water partition coefficient (Wildman–Crippen LogP) is 4.49. The first-order valence-electron chi connectivity index (χ1n) is 12.3. The number of fused-ring (bicyclic) bond motifs is 1. The predicted molar refractivity (Wildman–Crippen MR) is 132 cm³/mol. The summed E-state index contributed by atoms with van der Waals surface area (Å²) in [5, 5.41) is 4.77. The number of imidazole rings is 1. The number of nitrogens with zero attached hydrogens (tertiary/aromatic N) is 5. The second-order valence-corrected chi connectivity index (χ2v) is 10.4. The van der Waals surface area contributed by atoms with Crippen LogP contribution in [0.3, 0.4) is 0 Å². The van der Waals surface area contributed by atoms with Crippen LogP contribution in [-0.4, -0.2) is 44.2 Å². The third kappa shape index (κ3) is 4.43. The van der Waals surface area contributed by atoms with E-state index in [4.69, 9.17) is 14.4 Å². The lowest BCUT2D eigenvalue weighted by Crippen LogP contribution is -2.41. The average molecular weight is 501 g/mol. The number of halogens is 3. The zero-order valence-electron chi connectivity index (χ0n) is 21.3. The van der Waals surface area contributed by atoms with Crippen molar-refractivity contribution in [2.24, 2.45) is 0 Å². The Morgan fingerprint density at radius 1 is 1.03 bits per heavy atom. The van der Waals surface area contributed by atoms with Gasteiger partial charge in [0, 0.05) is 44.0 Å². The second-order valence-electron chi connectivity index (χ2n) is 10.4. The Hall–Kier alpha value is -2.79. The van der Waals surface area contributed by atoms with E-state index in [1.54, 1.807) is 6.92 Å². The van der Waals surface area contributed by atoms with Crippen molar-refractivity contribution in [1.82, 2.24) is 19.3 Å². The van der Waals surface area contributed by atoms with Crippen LogP contribution in [0, 0.1) is 0 Å². The quantitative estimate of drug-likeness (QED) is 0.483. The molecule has 0 unspecified atom stereocenters. The zero-order valence-corrected chi connectivity index (χ0v) is 21.3. The highest BCUT2D eigenvalue weighted by Gasteiger charge is 2.53. The zero-order chi connectivity index (χ0) is 25.9. The molecule has 36 heavy (non-hydrogen) atoms. The number of hydrogen-bond acceptors (Lipinski definition) is 5. The van der Waals surface area contributed by atoms with Crippen LogP contribution in [0.25, 0.3) is 11.4 Å². The van der Waals surface area contributed by atoms with E-state index in [9.17, 15) is 13.2 Å². The fourth-order valence-electron chi connectivity index (χ4n) is 4.61. The Morgan fingerprint density at radius 3 is 2.31 bits per heavy atom. The molecule has 2 aliphatic heterocycles. The average Bonchev–Trinajstić information content (AvgIpc) is 3.48. The summed E-state index contributed by atoms with van der Waals surface area (Å²) in [5.41, 5.74) is 0.729. The highest BCUT2D eigenvalue weighted by Crippen LogP contribution is 2.37. The second kappa shape index (κ2) is 8.66. The summed E-state index contributed by atoms with van der Waals surface area (Å²) in [4.78, 5) is 6.11. The van der Waals surface area contributed by atoms with Crippen LogP contribution >= 0.6 is 0 Å². The molecular weight excluding hydrogens is 470 g/mol. The molecule has 1 saturated heterocycles. The van der Waals surface area contributed by atoms with Crippen molar-refractivity contribution in [2.45, 2.75) is 78.1 Å². The highest BCUT2D eigenvalue weighted by molar-refractivity contribution is 6.61. The van der Waals surface area contributed by atoms with Crippen LogP contribution < -0.4 is 10.5 Å². The molecule has 1 aromatic carbocycles. The summed E-state index contributed by atoms with van der Waals surface area (Å²) in [6.07, 6.45) is -2.44. The van der Waals surface area contributed by atoms with Gasteiger partial charge in [-0.1, -0.05) is 24.3 Å². The number of aryl methyl sites for hydroxylation is 2. The lowest BCUT2D eigenvalue weighted by molar-refractivity contribution is -0.140. The van der Waals surface area contributed by atoms with Crippen molar-refractivity contribution in [3.8, 4) is 11.4 Å². The van der Waals surface area contributed by atoms with Gasteiger partial charge in [0.1, 0.15) is 11.6 Å². The van der Waals surface area contributed by atoms with Gasteiger partial charge in [-0.2, -0.15) is 18.3 Å². The highest BCUT2D eigenvalue weighted by atomic mass is 19.4. The molecular formula is C25H31BF3N5O2. The van der Waals surface area contributed by atoms with Crippen LogP contribution in [0.1, 0.15) is 52.3 Å². The number of hydrogen-bond donors (Lipinski definition) is 0. The summed E-state index contributed by atoms with van der Waals surface area (Å²) in [7, 11) is -0.516. The van der Waals surface area contributed by atoms with E-state index in [0.29, 0.717) is 24.5 Å². The third-order valence-corrected chi connectivity index (χ3v) is 7.39. The molecule has 0 N–H and O–H groups in total. The van der Waals surface area contributed by atoms with Gasteiger partial charge < -0.3 is 18.8 Å². The molecule has 4 heterocycles. The van der Waals surface area contributed by atoms with E-state index in [1.165, 1.54) is 4.57 Å². The van der Waals surface area contributed by atoms with Crippen LogP contribution in [0.4, 0.5) is 19.0 Å². The smallest absolute Gasteiger partial charge is 0.398 e. The summed E-state index contributed by atoms with van der Waals surface area (Å²) < 4.78 is 55.3. The molecule has 11 heteroatoms. The first kappa shape index (κ1) is 24.9. The summed E-state index contributed by atoms with van der Waals surface area (Å²) in [6, 6.07) is 9.60. The van der Waals surface area contributed by atoms with Crippen molar-refractivity contribution >= 4 is 18.5 Å². The minimum atomic E-state index is -4.47. The Bertz CT molecular complexity index is 1230. The molecule has 2 aromatic heterocycles. The lowest BCUT2D eigenvalue weighted by Gasteiger charge is -2.32. The maximum Gasteiger partial charge on any atom is 0.516 e. The molecule has 192 valence electrons. The molecule has 0 spiro atoms. The topological polar surface area (TPSA) is 57.3 Å². The first-order chi connectivity index (χ1) is 16.9. The number of aromatic nitrogens is 4. The monoisotopic (exact) mass is 501 g/mol. The van der Waals surface area contributed by atoms with Gasteiger partial charge in [-0.05, 0) is 46.6 Å². The lowest BCUT2D eigenvalue weighted by atomic mass is 9.85. The molecule has 0 bridgehead atoms. The van der Waals surface area contributed by atoms with Gasteiger partial charge in [-0.25, -0.2) is 4.98 Å². The summed E-state index contributed by atoms with van der Waals surface area (Å²) in [6.45, 7) is 12.7. The van der Waals surface area contributed by atoms with E-state index in [0.717, 1.165) is 42.7 Å². The fourth-order valence-corrected chi connectivity index (χ4v) is 4.61. The Labute approximate surface area is 209 Å². The van der Waals surface area contributed by atoms with Crippen LogP contribution in [0.5, 0.6) is 0 Å². The SMILES string of the molecule is CCn1cc(C(F)(F)F)nc1-c1ccc(CN2CCCn3nc(B4OC(C)(C)C(C)(C)O4)cc32)cc1. The van der Waals surface area contributed by atoms with Gasteiger partial charge in [0.2, 0.25) is 0 Å². The van der Waals surface area contributed by atoms with Crippen LogP contribution in [0.15, 0.2) is 36.5 Å². The molecule has 7 nitrogen and oxygen atoms in total. The van der Waals surface area contributed by atoms with Crippen LogP contribution in [-0.2, 0) is 35.1 Å². The number of benzene rings is 1. The standard InChI is InChI=1S/C25H31BF3N5O2/c1-6-32-16-19(25(27,28)29)30-22(32)18-10-8-17(9-11-18)15-33-12-7-13-34-21(33)14-20(31-34)26-35-23(2,3)24(4,5)36-26/h8-11,14,16H,6-7,12-13,15H2,1-5H3. The molecule has 3 aromatic rings. The van der Waals surface area contributed by atoms with Crippen molar-refractivity contribution in [3.05, 3.63) is 47.8 Å². The summed E-state index contributed by atoms with van der Waals surface area (Å²) in [5.74, 6) is 1.32. The Balaban J connectivity index is 1.34. The van der Waals surface area contributed by atoms with Crippen molar-refractivity contribution in [2.75, 3.05) is 11.4 Å². The van der Waals surface area contributed by atoms with Crippen molar-refractivity contribution < 1.29 is 22.5 Å². The van der Waals surface area contributed by atoms with Gasteiger partial charge >= 0.3 is 13.3 Å². The van der Waals surface area contributed by atoms with Crippen molar-refractivity contribution in [3.63, 3.8) is 0 Å². The van der Waals surface area contributed by atoms with E-state index >= 15 is 0 Å². The molecule has 0 atom stereocenters. The van der Waals surface area contributed by atoms with E-state index < -0.39 is 30.2 Å². The Morgan fingerprint density at radius 2 is 1.69 bits per heavy atom. The Kier molecular flexibility index (Phi) is 5.99. The first-order valence-corrected chi connectivity index (χ1v) is 12.3. The van der Waals surface area contributed by atoms with Gasteiger partial charge in [0.05, 0.1) is 16.8 Å². The molecule has 0 aliphatic carbocycles. The largest absolute Gasteiger partial charge is 0.516 e. The van der Waals surface area contributed by atoms with Gasteiger partial charge in [-0.3, -0.25) is 4.68 Å². The van der Waals surface area contributed by atoms with E-state index in [2.05, 4.69) is 9.88 Å². The fraction of sp³-hybridized carbons (Fsp3) is 0.520. The summed E-state index contributed by atoms with van der Waals surface area (Å²) >= 11 is 0. The minimum absolute atomic E-state index is 0.319. The maximum absolute atomic E-state index is 13.2. The van der Waals surface area contributed by atoms with Gasteiger partial charge in [-0.15, -0.1) is 0 Å². The molecule has 0 saturated carbocycles. The van der Waals surface area contributed by atoms with Crippen molar-refractivity contribution in [1.29, 1.82) is 0 Å². The molecule has 2 aliphatic rings.